The van der Waals surface area contributed by atoms with Gasteiger partial charge in [-0.15, -0.1) is 0 Å². The van der Waals surface area contributed by atoms with E-state index in [9.17, 15) is 4.79 Å². The maximum atomic E-state index is 11.8. The highest BCUT2D eigenvalue weighted by atomic mass is 16.1. The summed E-state index contributed by atoms with van der Waals surface area (Å²) in [5, 5.41) is 5.95. The molecule has 0 unspecified atom stereocenters. The first-order valence-electron chi connectivity index (χ1n) is 7.21. The van der Waals surface area contributed by atoms with E-state index in [4.69, 9.17) is 0 Å². The predicted molar refractivity (Wildman–Crippen MR) is 86.4 cm³/mol. The van der Waals surface area contributed by atoms with Gasteiger partial charge >= 0.3 is 0 Å². The Morgan fingerprint density at radius 2 is 1.91 bits per heavy atom. The molecular formula is C16H16N6O. The third-order valence-corrected chi connectivity index (χ3v) is 3.14. The fourth-order valence-corrected chi connectivity index (χ4v) is 2.03. The molecule has 2 N–H and O–H groups in total. The van der Waals surface area contributed by atoms with Crippen LogP contribution in [0.5, 0.6) is 0 Å². The van der Waals surface area contributed by atoms with E-state index >= 15 is 0 Å². The molecule has 0 aliphatic rings. The number of nitrogens with zero attached hydrogens (tertiary/aromatic N) is 4. The molecule has 0 spiro atoms. The van der Waals surface area contributed by atoms with Gasteiger partial charge in [0.15, 0.2) is 0 Å². The number of carbonyl (C=O) groups excluding carboxylic acids is 1. The minimum Gasteiger partial charge on any atom is -0.368 e. The van der Waals surface area contributed by atoms with Crippen molar-refractivity contribution in [1.82, 2.24) is 24.8 Å². The van der Waals surface area contributed by atoms with Gasteiger partial charge in [-0.3, -0.25) is 9.78 Å². The molecule has 7 nitrogen and oxygen atoms in total. The lowest BCUT2D eigenvalue weighted by Gasteiger charge is -2.08. The largest absolute Gasteiger partial charge is 0.368 e. The van der Waals surface area contributed by atoms with Gasteiger partial charge in [-0.05, 0) is 24.3 Å². The van der Waals surface area contributed by atoms with Gasteiger partial charge in [-0.2, -0.15) is 0 Å². The normalized spacial score (nSPS) is 10.3. The van der Waals surface area contributed by atoms with Crippen LogP contribution in [0.4, 0.5) is 5.82 Å². The number of amides is 1. The zero-order valence-electron chi connectivity index (χ0n) is 12.4. The third-order valence-electron chi connectivity index (χ3n) is 3.14. The van der Waals surface area contributed by atoms with Crippen LogP contribution >= 0.6 is 0 Å². The Morgan fingerprint density at radius 3 is 2.70 bits per heavy atom. The summed E-state index contributed by atoms with van der Waals surface area (Å²) in [6, 6.07) is 10.9. The Kier molecular flexibility index (Phi) is 4.58. The average molecular weight is 308 g/mol. The molecule has 7 heteroatoms. The van der Waals surface area contributed by atoms with Crippen molar-refractivity contribution in [3.05, 3.63) is 67.0 Å². The van der Waals surface area contributed by atoms with Crippen LogP contribution in [0.2, 0.25) is 0 Å². The smallest absolute Gasteiger partial charge is 0.269 e. The average Bonchev–Trinajstić information content (AvgIpc) is 3.14. The number of hydrogen-bond donors (Lipinski definition) is 2. The molecule has 0 aromatic carbocycles. The van der Waals surface area contributed by atoms with Crippen molar-refractivity contribution in [2.45, 2.75) is 0 Å². The molecule has 0 saturated heterocycles. The molecule has 3 aromatic rings. The van der Waals surface area contributed by atoms with Gasteiger partial charge < -0.3 is 15.2 Å². The van der Waals surface area contributed by atoms with E-state index in [2.05, 4.69) is 25.6 Å². The Hall–Kier alpha value is -3.22. The lowest BCUT2D eigenvalue weighted by atomic mass is 10.3. The topological polar surface area (TPSA) is 84.7 Å². The highest BCUT2D eigenvalue weighted by Gasteiger charge is 2.05. The summed E-state index contributed by atoms with van der Waals surface area (Å²) >= 11 is 0. The minimum absolute atomic E-state index is 0.192. The first-order valence-corrected chi connectivity index (χ1v) is 7.21. The molecule has 0 fully saturated rings. The standard InChI is InChI=1S/C16H16N6O/c23-16(13-5-1-2-6-17-13)19-8-7-18-14-11-15(21-12-20-14)22-9-3-4-10-22/h1-6,9-12H,7-8H2,(H,19,23)(H,18,20,21). The summed E-state index contributed by atoms with van der Waals surface area (Å²) in [4.78, 5) is 24.2. The fourth-order valence-electron chi connectivity index (χ4n) is 2.03. The third kappa shape index (κ3) is 3.91. The van der Waals surface area contributed by atoms with E-state index in [1.807, 2.05) is 35.2 Å². The lowest BCUT2D eigenvalue weighted by Crippen LogP contribution is -2.29. The van der Waals surface area contributed by atoms with Gasteiger partial charge in [0.2, 0.25) is 0 Å². The van der Waals surface area contributed by atoms with Crippen LogP contribution < -0.4 is 10.6 Å². The number of pyridine rings is 1. The van der Waals surface area contributed by atoms with Crippen molar-refractivity contribution in [3.63, 3.8) is 0 Å². The van der Waals surface area contributed by atoms with Crippen molar-refractivity contribution < 1.29 is 4.79 Å². The van der Waals surface area contributed by atoms with Crippen LogP contribution in [-0.2, 0) is 0 Å². The summed E-state index contributed by atoms with van der Waals surface area (Å²) in [7, 11) is 0. The van der Waals surface area contributed by atoms with Gasteiger partial charge in [0.1, 0.15) is 23.7 Å². The molecule has 3 heterocycles. The molecular weight excluding hydrogens is 292 g/mol. The van der Waals surface area contributed by atoms with Gasteiger partial charge in [0, 0.05) is 37.7 Å². The van der Waals surface area contributed by atoms with Crippen molar-refractivity contribution >= 4 is 11.7 Å². The molecule has 0 bridgehead atoms. The number of hydrogen-bond acceptors (Lipinski definition) is 5. The quantitative estimate of drug-likeness (QED) is 0.674. The van der Waals surface area contributed by atoms with Crippen LogP contribution in [0.3, 0.4) is 0 Å². The highest BCUT2D eigenvalue weighted by Crippen LogP contribution is 2.08. The molecule has 0 aliphatic heterocycles. The van der Waals surface area contributed by atoms with E-state index in [-0.39, 0.29) is 5.91 Å². The van der Waals surface area contributed by atoms with E-state index < -0.39 is 0 Å². The number of carbonyl (C=O) groups is 1. The van der Waals surface area contributed by atoms with Crippen LogP contribution in [0.25, 0.3) is 5.82 Å². The number of anilines is 1. The van der Waals surface area contributed by atoms with E-state index in [1.165, 1.54) is 6.33 Å². The maximum absolute atomic E-state index is 11.8. The van der Waals surface area contributed by atoms with E-state index in [0.717, 1.165) is 5.82 Å². The molecule has 0 saturated carbocycles. The SMILES string of the molecule is O=C(NCCNc1cc(-n2cccc2)ncn1)c1ccccn1. The minimum atomic E-state index is -0.192. The Bertz CT molecular complexity index is 757. The summed E-state index contributed by atoms with van der Waals surface area (Å²) in [6.45, 7) is 1.03. The molecule has 0 radical (unpaired) electrons. The van der Waals surface area contributed by atoms with Crippen LogP contribution in [0, 0.1) is 0 Å². The maximum Gasteiger partial charge on any atom is 0.269 e. The number of nitrogens with one attached hydrogen (secondary N) is 2. The van der Waals surface area contributed by atoms with Crippen molar-refractivity contribution in [2.75, 3.05) is 18.4 Å². The second-order valence-corrected chi connectivity index (χ2v) is 4.75. The molecule has 1 amide bonds. The second kappa shape index (κ2) is 7.17. The zero-order valence-corrected chi connectivity index (χ0v) is 12.4. The zero-order chi connectivity index (χ0) is 15.9. The summed E-state index contributed by atoms with van der Waals surface area (Å²) in [5.74, 6) is 1.30. The molecule has 3 rings (SSSR count). The van der Waals surface area contributed by atoms with Gasteiger partial charge in [-0.25, -0.2) is 9.97 Å². The first kappa shape index (κ1) is 14.7. The fraction of sp³-hybridized carbons (Fsp3) is 0.125. The van der Waals surface area contributed by atoms with Crippen molar-refractivity contribution in [2.24, 2.45) is 0 Å². The summed E-state index contributed by atoms with van der Waals surface area (Å²) in [6.07, 6.45) is 6.93. The lowest BCUT2D eigenvalue weighted by molar-refractivity contribution is 0.0950. The first-order chi connectivity index (χ1) is 11.3. The van der Waals surface area contributed by atoms with E-state index in [0.29, 0.717) is 24.6 Å². The highest BCUT2D eigenvalue weighted by molar-refractivity contribution is 5.92. The molecule has 0 aliphatic carbocycles. The van der Waals surface area contributed by atoms with E-state index in [1.54, 1.807) is 24.4 Å². The summed E-state index contributed by atoms with van der Waals surface area (Å²) in [5.41, 5.74) is 0.407. The van der Waals surface area contributed by atoms with Gasteiger partial charge in [0.25, 0.3) is 5.91 Å². The Labute approximate surface area is 133 Å². The van der Waals surface area contributed by atoms with Crippen LogP contribution in [-0.4, -0.2) is 38.5 Å². The molecule has 0 atom stereocenters. The van der Waals surface area contributed by atoms with Crippen molar-refractivity contribution in [1.29, 1.82) is 0 Å². The monoisotopic (exact) mass is 308 g/mol. The van der Waals surface area contributed by atoms with Crippen molar-refractivity contribution in [3.8, 4) is 5.82 Å². The Morgan fingerprint density at radius 1 is 1.04 bits per heavy atom. The summed E-state index contributed by atoms with van der Waals surface area (Å²) < 4.78 is 1.90. The number of aromatic nitrogens is 4. The molecule has 23 heavy (non-hydrogen) atoms. The van der Waals surface area contributed by atoms with Crippen LogP contribution in [0.1, 0.15) is 10.5 Å². The molecule has 3 aromatic heterocycles. The van der Waals surface area contributed by atoms with Gasteiger partial charge in [0.05, 0.1) is 0 Å². The molecule has 116 valence electrons. The van der Waals surface area contributed by atoms with Crippen LogP contribution in [0.15, 0.2) is 61.3 Å². The Balaban J connectivity index is 1.49. The number of rotatable bonds is 6. The predicted octanol–water partition coefficient (Wildman–Crippen LogP) is 1.50. The van der Waals surface area contributed by atoms with Gasteiger partial charge in [-0.1, -0.05) is 6.07 Å². The second-order valence-electron chi connectivity index (χ2n) is 4.75.